The first-order valence-corrected chi connectivity index (χ1v) is 7.88. The summed E-state index contributed by atoms with van der Waals surface area (Å²) in [7, 11) is 1.90. The number of ether oxygens (including phenoxy) is 1. The number of amides is 2. The van der Waals surface area contributed by atoms with Crippen molar-refractivity contribution in [2.24, 2.45) is 7.05 Å². The number of hydrogen-bond donors (Lipinski definition) is 2. The molecule has 2 amide bonds. The molecule has 1 aliphatic heterocycles. The Hall–Kier alpha value is -3.06. The first-order valence-electron chi connectivity index (χ1n) is 7.50. The highest BCUT2D eigenvalue weighted by molar-refractivity contribution is 6.35. The Morgan fingerprint density at radius 2 is 2.20 bits per heavy atom. The first kappa shape index (κ1) is 15.5. The molecule has 2 heterocycles. The van der Waals surface area contributed by atoms with Gasteiger partial charge in [0.15, 0.2) is 6.61 Å². The second-order valence-electron chi connectivity index (χ2n) is 5.68. The summed E-state index contributed by atoms with van der Waals surface area (Å²) in [6.45, 7) is -0.0912. The second kappa shape index (κ2) is 5.78. The maximum absolute atomic E-state index is 12.6. The van der Waals surface area contributed by atoms with E-state index in [1.165, 1.54) is 12.1 Å². The average molecular weight is 357 g/mol. The molecule has 0 aliphatic carbocycles. The minimum atomic E-state index is -0.372. The summed E-state index contributed by atoms with van der Waals surface area (Å²) in [5.41, 5.74) is 3.07. The van der Waals surface area contributed by atoms with Crippen LogP contribution in [-0.4, -0.2) is 28.0 Å². The molecule has 8 heteroatoms. The van der Waals surface area contributed by atoms with Gasteiger partial charge in [-0.15, -0.1) is 0 Å². The van der Waals surface area contributed by atoms with E-state index < -0.39 is 0 Å². The predicted molar refractivity (Wildman–Crippen MR) is 94.2 cm³/mol. The number of benzene rings is 2. The normalized spacial score (nSPS) is 13.1. The number of anilines is 2. The molecule has 126 valence electrons. The first-order chi connectivity index (χ1) is 12.0. The molecule has 1 aliphatic rings. The number of hydrogen-bond acceptors (Lipinski definition) is 4. The Kier molecular flexibility index (Phi) is 3.58. The van der Waals surface area contributed by atoms with Crippen molar-refractivity contribution in [3.05, 3.63) is 47.2 Å². The number of nitrogens with one attached hydrogen (secondary N) is 2. The fraction of sp³-hybridized carbons (Fsp3) is 0.118. The van der Waals surface area contributed by atoms with Crippen molar-refractivity contribution in [2.45, 2.75) is 0 Å². The number of fused-ring (bicyclic) bond motifs is 2. The molecule has 0 unspecified atom stereocenters. The highest BCUT2D eigenvalue weighted by Gasteiger charge is 2.21. The fourth-order valence-electron chi connectivity index (χ4n) is 2.69. The highest BCUT2D eigenvalue weighted by atomic mass is 35.5. The lowest BCUT2D eigenvalue weighted by Crippen LogP contribution is -2.26. The van der Waals surface area contributed by atoms with Crippen LogP contribution in [0.2, 0.25) is 5.02 Å². The van der Waals surface area contributed by atoms with E-state index >= 15 is 0 Å². The van der Waals surface area contributed by atoms with Crippen molar-refractivity contribution in [3.8, 4) is 5.75 Å². The average Bonchev–Trinajstić information content (AvgIpc) is 2.94. The maximum Gasteiger partial charge on any atom is 0.262 e. The zero-order valence-corrected chi connectivity index (χ0v) is 13.9. The largest absolute Gasteiger partial charge is 0.482 e. The van der Waals surface area contributed by atoms with Gasteiger partial charge in [-0.3, -0.25) is 9.59 Å². The molecule has 2 aromatic carbocycles. The van der Waals surface area contributed by atoms with Crippen LogP contribution in [0.5, 0.6) is 5.75 Å². The standard InChI is InChI=1S/C17H13ClN4O3/c1-22-8-19-12-4-9(2-3-14(12)22)20-17(24)10-5-15-13(6-11(10)18)21-16(23)7-25-15/h2-6,8H,7H2,1H3,(H,20,24)(H,21,23). The van der Waals surface area contributed by atoms with Crippen molar-refractivity contribution in [1.29, 1.82) is 0 Å². The maximum atomic E-state index is 12.6. The summed E-state index contributed by atoms with van der Waals surface area (Å²) < 4.78 is 7.22. The highest BCUT2D eigenvalue weighted by Crippen LogP contribution is 2.34. The second-order valence-corrected chi connectivity index (χ2v) is 6.09. The van der Waals surface area contributed by atoms with Crippen LogP contribution in [0.25, 0.3) is 11.0 Å². The number of nitrogens with zero attached hydrogens (tertiary/aromatic N) is 2. The summed E-state index contributed by atoms with van der Waals surface area (Å²) in [5, 5.41) is 5.67. The Balaban J connectivity index is 1.62. The molecule has 0 fully saturated rings. The van der Waals surface area contributed by atoms with E-state index in [9.17, 15) is 9.59 Å². The summed E-state index contributed by atoms with van der Waals surface area (Å²) in [5.74, 6) is -0.220. The van der Waals surface area contributed by atoms with Crippen molar-refractivity contribution >= 4 is 45.8 Å². The zero-order chi connectivity index (χ0) is 17.6. The summed E-state index contributed by atoms with van der Waals surface area (Å²) in [6.07, 6.45) is 1.71. The Bertz CT molecular complexity index is 1030. The Labute approximate surface area is 147 Å². The lowest BCUT2D eigenvalue weighted by molar-refractivity contribution is -0.118. The van der Waals surface area contributed by atoms with Crippen molar-refractivity contribution in [2.75, 3.05) is 17.2 Å². The van der Waals surface area contributed by atoms with Gasteiger partial charge in [0.1, 0.15) is 5.75 Å². The van der Waals surface area contributed by atoms with Gasteiger partial charge in [0.05, 0.1) is 33.6 Å². The van der Waals surface area contributed by atoms with Gasteiger partial charge < -0.3 is 19.9 Å². The van der Waals surface area contributed by atoms with Crippen molar-refractivity contribution in [3.63, 3.8) is 0 Å². The number of aryl methyl sites for hydroxylation is 1. The van der Waals surface area contributed by atoms with Crippen LogP contribution in [0.15, 0.2) is 36.7 Å². The van der Waals surface area contributed by atoms with Crippen LogP contribution < -0.4 is 15.4 Å². The third-order valence-electron chi connectivity index (χ3n) is 3.93. The molecule has 0 saturated heterocycles. The molecule has 0 spiro atoms. The molecule has 1 aromatic heterocycles. The monoisotopic (exact) mass is 356 g/mol. The van der Waals surface area contributed by atoms with Gasteiger partial charge in [-0.1, -0.05) is 11.6 Å². The van der Waals surface area contributed by atoms with Crippen LogP contribution >= 0.6 is 11.6 Å². The van der Waals surface area contributed by atoms with E-state index in [-0.39, 0.29) is 29.0 Å². The summed E-state index contributed by atoms with van der Waals surface area (Å²) >= 11 is 6.19. The van der Waals surface area contributed by atoms with Gasteiger partial charge in [-0.2, -0.15) is 0 Å². The number of rotatable bonds is 2. The van der Waals surface area contributed by atoms with Gasteiger partial charge in [0, 0.05) is 12.7 Å². The van der Waals surface area contributed by atoms with E-state index in [1.807, 2.05) is 17.7 Å². The molecule has 4 rings (SSSR count). The van der Waals surface area contributed by atoms with Gasteiger partial charge in [-0.05, 0) is 30.3 Å². The van der Waals surface area contributed by atoms with E-state index in [0.29, 0.717) is 17.1 Å². The van der Waals surface area contributed by atoms with Crippen LogP contribution in [0.1, 0.15) is 10.4 Å². The number of carbonyl (C=O) groups excluding carboxylic acids is 2. The van der Waals surface area contributed by atoms with Crippen LogP contribution in [0.4, 0.5) is 11.4 Å². The Morgan fingerprint density at radius 1 is 1.36 bits per heavy atom. The van der Waals surface area contributed by atoms with Crippen LogP contribution in [-0.2, 0) is 11.8 Å². The summed E-state index contributed by atoms with van der Waals surface area (Å²) in [6, 6.07) is 8.49. The molecule has 3 aromatic rings. The zero-order valence-electron chi connectivity index (χ0n) is 13.2. The van der Waals surface area contributed by atoms with Crippen molar-refractivity contribution in [1.82, 2.24) is 9.55 Å². The van der Waals surface area contributed by atoms with E-state index in [2.05, 4.69) is 15.6 Å². The predicted octanol–water partition coefficient (Wildman–Crippen LogP) is 2.81. The minimum absolute atomic E-state index is 0.0912. The quantitative estimate of drug-likeness (QED) is 0.739. The van der Waals surface area contributed by atoms with Gasteiger partial charge in [0.25, 0.3) is 11.8 Å². The van der Waals surface area contributed by atoms with Crippen molar-refractivity contribution < 1.29 is 14.3 Å². The van der Waals surface area contributed by atoms with Crippen LogP contribution in [0.3, 0.4) is 0 Å². The molecule has 0 saturated carbocycles. The third kappa shape index (κ3) is 2.78. The lowest BCUT2D eigenvalue weighted by Gasteiger charge is -2.19. The lowest BCUT2D eigenvalue weighted by atomic mass is 10.1. The minimum Gasteiger partial charge on any atom is -0.482 e. The molecule has 7 nitrogen and oxygen atoms in total. The smallest absolute Gasteiger partial charge is 0.262 e. The molecule has 0 atom stereocenters. The van der Waals surface area contributed by atoms with Gasteiger partial charge in [0.2, 0.25) is 0 Å². The fourth-order valence-corrected chi connectivity index (χ4v) is 2.94. The number of imidazole rings is 1. The molecular formula is C17H13ClN4O3. The molecular weight excluding hydrogens is 344 g/mol. The Morgan fingerprint density at radius 3 is 3.04 bits per heavy atom. The van der Waals surface area contributed by atoms with Gasteiger partial charge >= 0.3 is 0 Å². The number of carbonyl (C=O) groups is 2. The summed E-state index contributed by atoms with van der Waals surface area (Å²) in [4.78, 5) is 28.2. The SMILES string of the molecule is Cn1cnc2cc(NC(=O)c3cc4c(cc3Cl)NC(=O)CO4)ccc21. The molecule has 2 N–H and O–H groups in total. The van der Waals surface area contributed by atoms with Crippen LogP contribution in [0, 0.1) is 0 Å². The topological polar surface area (TPSA) is 85.3 Å². The van der Waals surface area contributed by atoms with E-state index in [4.69, 9.17) is 16.3 Å². The third-order valence-corrected chi connectivity index (χ3v) is 4.24. The van der Waals surface area contributed by atoms with E-state index in [0.717, 1.165) is 11.0 Å². The van der Waals surface area contributed by atoms with Gasteiger partial charge in [-0.25, -0.2) is 4.98 Å². The molecule has 0 bridgehead atoms. The molecule has 25 heavy (non-hydrogen) atoms. The van der Waals surface area contributed by atoms with E-state index in [1.54, 1.807) is 18.5 Å². The number of aromatic nitrogens is 2. The molecule has 0 radical (unpaired) electrons. The number of halogens is 1.